The Balaban J connectivity index is 1.73. The van der Waals surface area contributed by atoms with E-state index in [1.165, 1.54) is 11.2 Å². The zero-order chi connectivity index (χ0) is 27.0. The molecule has 1 N–H and O–H groups in total. The molecule has 6 nitrogen and oxygen atoms in total. The second kappa shape index (κ2) is 9.86. The van der Waals surface area contributed by atoms with Crippen molar-refractivity contribution in [3.63, 3.8) is 0 Å². The highest BCUT2D eigenvalue weighted by Crippen LogP contribution is 2.43. The molecule has 0 spiro atoms. The van der Waals surface area contributed by atoms with Crippen LogP contribution in [0.15, 0.2) is 89.0 Å². The number of ketones is 1. The van der Waals surface area contributed by atoms with Gasteiger partial charge in [-0.2, -0.15) is 0 Å². The van der Waals surface area contributed by atoms with Gasteiger partial charge in [-0.1, -0.05) is 63.2 Å². The molecule has 5 rings (SSSR count). The quantitative estimate of drug-likeness (QED) is 0.177. The van der Waals surface area contributed by atoms with E-state index in [2.05, 4.69) is 20.8 Å². The van der Waals surface area contributed by atoms with E-state index in [-0.39, 0.29) is 23.3 Å². The second-order valence-electron chi connectivity index (χ2n) is 10.5. The molecule has 0 radical (unpaired) electrons. The lowest BCUT2D eigenvalue weighted by atomic mass is 9.84. The number of fused-ring (bicyclic) bond motifs is 1. The molecule has 3 aromatic carbocycles. The molecule has 0 saturated carbocycles. The molecule has 1 atom stereocenters. The number of aliphatic hydroxyl groups is 1. The third-order valence-corrected chi connectivity index (χ3v) is 6.93. The number of amides is 1. The number of furan rings is 1. The molecule has 1 aliphatic heterocycles. The Morgan fingerprint density at radius 3 is 2.47 bits per heavy atom. The summed E-state index contributed by atoms with van der Waals surface area (Å²) >= 11 is 0. The normalized spacial score (nSPS) is 17.4. The van der Waals surface area contributed by atoms with Crippen molar-refractivity contribution in [1.82, 2.24) is 4.90 Å². The van der Waals surface area contributed by atoms with Gasteiger partial charge in [-0.05, 0) is 59.0 Å². The summed E-state index contributed by atoms with van der Waals surface area (Å²) in [7, 11) is 0. The van der Waals surface area contributed by atoms with Gasteiger partial charge >= 0.3 is 0 Å². The number of Topliss-reactive ketones (excluding diaryl/α,β-unsaturated/α-hetero) is 1. The van der Waals surface area contributed by atoms with Crippen LogP contribution >= 0.6 is 0 Å². The molecular weight excluding hydrogens is 478 g/mol. The first-order valence-corrected chi connectivity index (χ1v) is 12.8. The van der Waals surface area contributed by atoms with Crippen LogP contribution in [-0.4, -0.2) is 28.3 Å². The second-order valence-corrected chi connectivity index (χ2v) is 10.5. The van der Waals surface area contributed by atoms with E-state index in [0.717, 1.165) is 27.6 Å². The van der Waals surface area contributed by atoms with E-state index in [1.54, 1.807) is 18.2 Å². The van der Waals surface area contributed by atoms with Gasteiger partial charge in [0.2, 0.25) is 0 Å². The molecule has 4 aromatic rings. The summed E-state index contributed by atoms with van der Waals surface area (Å²) in [6, 6.07) is 21.7. The van der Waals surface area contributed by atoms with E-state index in [1.807, 2.05) is 61.5 Å². The van der Waals surface area contributed by atoms with Crippen LogP contribution in [0.5, 0.6) is 5.75 Å². The third kappa shape index (κ3) is 4.47. The molecule has 1 amide bonds. The Morgan fingerprint density at radius 2 is 1.76 bits per heavy atom. The summed E-state index contributed by atoms with van der Waals surface area (Å²) in [5.74, 6) is -0.341. The number of likely N-dealkylation sites (tertiary alicyclic amines) is 1. The number of ether oxygens (including phenoxy) is 1. The largest absolute Gasteiger partial charge is 0.507 e. The highest BCUT2D eigenvalue weighted by molar-refractivity contribution is 6.46. The standard InChI is InChI=1S/C32H31NO5/c1-5-37-26-16-15-21(18-25(26)32(2,3)4)29(34)27-28(24-14-8-11-20-10-6-7-13-23(20)24)33(31(36)30(27)35)19-22-12-9-17-38-22/h6-18,28,34H,5,19H2,1-4H3/b29-27+. The number of hydrogen-bond donors (Lipinski definition) is 1. The number of hydrogen-bond acceptors (Lipinski definition) is 5. The van der Waals surface area contributed by atoms with Gasteiger partial charge < -0.3 is 19.2 Å². The van der Waals surface area contributed by atoms with Crippen molar-refractivity contribution in [3.8, 4) is 5.75 Å². The topological polar surface area (TPSA) is 80.0 Å². The monoisotopic (exact) mass is 509 g/mol. The van der Waals surface area contributed by atoms with E-state index >= 15 is 0 Å². The zero-order valence-corrected chi connectivity index (χ0v) is 22.0. The van der Waals surface area contributed by atoms with Crippen LogP contribution in [0.4, 0.5) is 0 Å². The Bertz CT molecular complexity index is 1540. The van der Waals surface area contributed by atoms with Gasteiger partial charge in [0.15, 0.2) is 0 Å². The van der Waals surface area contributed by atoms with E-state index in [0.29, 0.717) is 17.9 Å². The summed E-state index contributed by atoms with van der Waals surface area (Å²) in [6.45, 7) is 8.71. The molecule has 1 aromatic heterocycles. The van der Waals surface area contributed by atoms with Crippen molar-refractivity contribution in [2.75, 3.05) is 6.61 Å². The van der Waals surface area contributed by atoms with Gasteiger partial charge in [0.25, 0.3) is 11.7 Å². The lowest BCUT2D eigenvalue weighted by Gasteiger charge is -2.26. The number of carbonyl (C=O) groups excluding carboxylic acids is 2. The number of benzene rings is 3. The van der Waals surface area contributed by atoms with Gasteiger partial charge in [-0.3, -0.25) is 9.59 Å². The summed E-state index contributed by atoms with van der Waals surface area (Å²) in [5, 5.41) is 13.6. The van der Waals surface area contributed by atoms with Crippen LogP contribution in [-0.2, 0) is 21.5 Å². The van der Waals surface area contributed by atoms with Crippen LogP contribution in [0.1, 0.15) is 56.2 Å². The van der Waals surface area contributed by atoms with Crippen molar-refractivity contribution in [3.05, 3.63) is 107 Å². The van der Waals surface area contributed by atoms with E-state index in [4.69, 9.17) is 9.15 Å². The van der Waals surface area contributed by atoms with Crippen LogP contribution in [0, 0.1) is 0 Å². The molecule has 2 heterocycles. The maximum absolute atomic E-state index is 13.6. The van der Waals surface area contributed by atoms with E-state index in [9.17, 15) is 14.7 Å². The van der Waals surface area contributed by atoms with Crippen LogP contribution in [0.3, 0.4) is 0 Å². The molecule has 38 heavy (non-hydrogen) atoms. The molecule has 1 aliphatic rings. The lowest BCUT2D eigenvalue weighted by Crippen LogP contribution is -2.29. The molecule has 1 unspecified atom stereocenters. The van der Waals surface area contributed by atoms with Gasteiger partial charge in [0, 0.05) is 11.1 Å². The Hall–Kier alpha value is -4.32. The summed E-state index contributed by atoms with van der Waals surface area (Å²) in [5.41, 5.74) is 1.90. The number of nitrogens with zero attached hydrogens (tertiary/aromatic N) is 1. The maximum Gasteiger partial charge on any atom is 0.296 e. The third-order valence-electron chi connectivity index (χ3n) is 6.93. The fourth-order valence-corrected chi connectivity index (χ4v) is 5.13. The Labute approximate surface area is 222 Å². The average molecular weight is 510 g/mol. The van der Waals surface area contributed by atoms with Crippen molar-refractivity contribution < 1.29 is 23.8 Å². The van der Waals surface area contributed by atoms with Crippen LogP contribution < -0.4 is 4.74 Å². The first-order chi connectivity index (χ1) is 18.2. The van der Waals surface area contributed by atoms with Crippen LogP contribution in [0.2, 0.25) is 0 Å². The molecule has 0 aliphatic carbocycles. The Morgan fingerprint density at radius 1 is 1.00 bits per heavy atom. The minimum absolute atomic E-state index is 0.0573. The number of aliphatic hydroxyl groups excluding tert-OH is 1. The number of carbonyl (C=O) groups is 2. The predicted molar refractivity (Wildman–Crippen MR) is 147 cm³/mol. The molecule has 0 bridgehead atoms. The Kier molecular flexibility index (Phi) is 6.57. The smallest absolute Gasteiger partial charge is 0.296 e. The van der Waals surface area contributed by atoms with Gasteiger partial charge in [-0.15, -0.1) is 0 Å². The molecular formula is C32H31NO5. The molecule has 194 valence electrons. The summed E-state index contributed by atoms with van der Waals surface area (Å²) < 4.78 is 11.4. The summed E-state index contributed by atoms with van der Waals surface area (Å²) in [4.78, 5) is 28.5. The SMILES string of the molecule is CCOc1ccc(/C(O)=C2\C(=O)C(=O)N(Cc3ccco3)C2c2cccc3ccccc23)cc1C(C)(C)C. The van der Waals surface area contributed by atoms with Gasteiger partial charge in [0.1, 0.15) is 17.3 Å². The fourth-order valence-electron chi connectivity index (χ4n) is 5.13. The van der Waals surface area contributed by atoms with Gasteiger partial charge in [0.05, 0.1) is 31.0 Å². The van der Waals surface area contributed by atoms with Crippen molar-refractivity contribution in [2.45, 2.75) is 45.7 Å². The van der Waals surface area contributed by atoms with Gasteiger partial charge in [-0.25, -0.2) is 0 Å². The first-order valence-electron chi connectivity index (χ1n) is 12.8. The predicted octanol–water partition coefficient (Wildman–Crippen LogP) is 6.75. The van der Waals surface area contributed by atoms with Crippen LogP contribution in [0.25, 0.3) is 16.5 Å². The fraction of sp³-hybridized carbons (Fsp3) is 0.250. The van der Waals surface area contributed by atoms with Crippen molar-refractivity contribution >= 4 is 28.2 Å². The minimum atomic E-state index is -0.796. The first kappa shape index (κ1) is 25.3. The molecule has 1 saturated heterocycles. The molecule has 6 heteroatoms. The minimum Gasteiger partial charge on any atom is -0.507 e. The van der Waals surface area contributed by atoms with Crippen molar-refractivity contribution in [1.29, 1.82) is 0 Å². The van der Waals surface area contributed by atoms with Crippen molar-refractivity contribution in [2.24, 2.45) is 0 Å². The summed E-state index contributed by atoms with van der Waals surface area (Å²) in [6.07, 6.45) is 1.53. The molecule has 1 fully saturated rings. The number of rotatable bonds is 6. The zero-order valence-electron chi connectivity index (χ0n) is 22.0. The highest BCUT2D eigenvalue weighted by Gasteiger charge is 2.47. The average Bonchev–Trinajstić information content (AvgIpc) is 3.50. The van der Waals surface area contributed by atoms with E-state index < -0.39 is 17.7 Å². The maximum atomic E-state index is 13.6. The highest BCUT2D eigenvalue weighted by atomic mass is 16.5. The lowest BCUT2D eigenvalue weighted by molar-refractivity contribution is -0.140.